The van der Waals surface area contributed by atoms with Crippen LogP contribution in [0.15, 0.2) is 65.9 Å². The Bertz CT molecular complexity index is 1080. The number of urea groups is 1. The average Bonchev–Trinajstić information content (AvgIpc) is 2.78. The van der Waals surface area contributed by atoms with Gasteiger partial charge in [-0.15, -0.1) is 0 Å². The number of esters is 2. The highest BCUT2D eigenvalue weighted by atomic mass is 16.6. The van der Waals surface area contributed by atoms with Gasteiger partial charge in [0.05, 0.1) is 25.3 Å². The second kappa shape index (κ2) is 10.3. The normalized spacial score (nSPS) is 15.7. The Morgan fingerprint density at radius 3 is 2.53 bits per heavy atom. The van der Waals surface area contributed by atoms with Crippen LogP contribution >= 0.6 is 0 Å². The lowest BCUT2D eigenvalue weighted by Crippen LogP contribution is -2.45. The number of ether oxygens (including phenoxy) is 3. The fraction of sp³-hybridized carbons (Fsp3) is 0.208. The van der Waals surface area contributed by atoms with Gasteiger partial charge in [-0.1, -0.05) is 36.4 Å². The average molecular weight is 436 g/mol. The van der Waals surface area contributed by atoms with Gasteiger partial charge in [-0.05, 0) is 43.2 Å². The van der Waals surface area contributed by atoms with Crippen molar-refractivity contribution in [3.8, 4) is 11.5 Å². The van der Waals surface area contributed by atoms with Gasteiger partial charge in [0.1, 0.15) is 0 Å². The molecule has 0 spiro atoms. The topological polar surface area (TPSA) is 103 Å². The van der Waals surface area contributed by atoms with E-state index >= 15 is 0 Å². The number of methoxy groups -OCH3 is 1. The van der Waals surface area contributed by atoms with Crippen LogP contribution in [-0.4, -0.2) is 31.7 Å². The number of rotatable bonds is 7. The first-order chi connectivity index (χ1) is 15.4. The van der Waals surface area contributed by atoms with E-state index in [1.807, 2.05) is 30.3 Å². The SMILES string of the molecule is CCOC(=O)C1=C(C)NC(=O)NC1c1ccc(OC(=O)C=Cc2ccccc2)c(OC)c1. The predicted molar refractivity (Wildman–Crippen MR) is 118 cm³/mol. The van der Waals surface area contributed by atoms with Gasteiger partial charge in [0.2, 0.25) is 0 Å². The van der Waals surface area contributed by atoms with E-state index in [1.54, 1.807) is 38.1 Å². The van der Waals surface area contributed by atoms with Crippen molar-refractivity contribution in [1.29, 1.82) is 0 Å². The molecule has 2 aromatic rings. The predicted octanol–water partition coefficient (Wildman–Crippen LogP) is 3.51. The van der Waals surface area contributed by atoms with Crippen molar-refractivity contribution in [3.63, 3.8) is 0 Å². The molecule has 2 amide bonds. The van der Waals surface area contributed by atoms with Gasteiger partial charge in [-0.25, -0.2) is 14.4 Å². The maximum atomic E-state index is 12.5. The van der Waals surface area contributed by atoms with E-state index in [1.165, 1.54) is 13.2 Å². The summed E-state index contributed by atoms with van der Waals surface area (Å²) in [6.45, 7) is 3.53. The molecule has 1 heterocycles. The molecule has 0 fully saturated rings. The number of carbonyl (C=O) groups is 3. The van der Waals surface area contributed by atoms with Crippen molar-refractivity contribution in [3.05, 3.63) is 77.0 Å². The largest absolute Gasteiger partial charge is 0.493 e. The van der Waals surface area contributed by atoms with E-state index < -0.39 is 24.0 Å². The zero-order chi connectivity index (χ0) is 23.1. The number of hydrogen-bond donors (Lipinski definition) is 2. The van der Waals surface area contributed by atoms with Crippen LogP contribution in [0.1, 0.15) is 31.0 Å². The van der Waals surface area contributed by atoms with Crippen LogP contribution in [0.3, 0.4) is 0 Å². The van der Waals surface area contributed by atoms with Crippen molar-refractivity contribution in [2.75, 3.05) is 13.7 Å². The highest BCUT2D eigenvalue weighted by Crippen LogP contribution is 2.34. The zero-order valence-corrected chi connectivity index (χ0v) is 18.0. The molecule has 2 aromatic carbocycles. The molecule has 1 aliphatic heterocycles. The molecule has 32 heavy (non-hydrogen) atoms. The van der Waals surface area contributed by atoms with E-state index in [9.17, 15) is 14.4 Å². The molecule has 0 aliphatic carbocycles. The number of benzene rings is 2. The monoisotopic (exact) mass is 436 g/mol. The highest BCUT2D eigenvalue weighted by Gasteiger charge is 2.32. The lowest BCUT2D eigenvalue weighted by molar-refractivity contribution is -0.139. The molecule has 3 rings (SSSR count). The Morgan fingerprint density at radius 1 is 1.09 bits per heavy atom. The second-order valence-electron chi connectivity index (χ2n) is 6.87. The number of amides is 2. The Kier molecular flexibility index (Phi) is 7.28. The number of hydrogen-bond acceptors (Lipinski definition) is 6. The second-order valence-corrected chi connectivity index (χ2v) is 6.87. The van der Waals surface area contributed by atoms with Gasteiger partial charge in [0.15, 0.2) is 11.5 Å². The summed E-state index contributed by atoms with van der Waals surface area (Å²) < 4.78 is 15.9. The summed E-state index contributed by atoms with van der Waals surface area (Å²) in [5.41, 5.74) is 2.11. The first-order valence-electron chi connectivity index (χ1n) is 10.0. The highest BCUT2D eigenvalue weighted by molar-refractivity contribution is 5.95. The summed E-state index contributed by atoms with van der Waals surface area (Å²) in [7, 11) is 1.44. The van der Waals surface area contributed by atoms with E-state index in [-0.39, 0.29) is 23.7 Å². The third kappa shape index (κ3) is 5.34. The third-order valence-corrected chi connectivity index (χ3v) is 4.71. The van der Waals surface area contributed by atoms with Crippen LogP contribution in [0.5, 0.6) is 11.5 Å². The lowest BCUT2D eigenvalue weighted by atomic mass is 9.95. The Morgan fingerprint density at radius 2 is 1.84 bits per heavy atom. The molecule has 0 aromatic heterocycles. The van der Waals surface area contributed by atoms with Gasteiger partial charge in [-0.3, -0.25) is 0 Å². The van der Waals surface area contributed by atoms with Crippen molar-refractivity contribution in [2.45, 2.75) is 19.9 Å². The molecule has 8 nitrogen and oxygen atoms in total. The molecule has 1 atom stereocenters. The molecule has 1 unspecified atom stereocenters. The summed E-state index contributed by atoms with van der Waals surface area (Å²) in [5, 5.41) is 5.30. The molecule has 0 saturated heterocycles. The Balaban J connectivity index is 1.84. The minimum absolute atomic E-state index is 0.199. The minimum Gasteiger partial charge on any atom is -0.493 e. The van der Waals surface area contributed by atoms with Gasteiger partial charge in [-0.2, -0.15) is 0 Å². The van der Waals surface area contributed by atoms with E-state index in [2.05, 4.69) is 10.6 Å². The first kappa shape index (κ1) is 22.6. The van der Waals surface area contributed by atoms with Gasteiger partial charge in [0, 0.05) is 11.8 Å². The van der Waals surface area contributed by atoms with Gasteiger partial charge >= 0.3 is 18.0 Å². The molecule has 0 saturated carbocycles. The smallest absolute Gasteiger partial charge is 0.338 e. The number of allylic oxidation sites excluding steroid dienone is 1. The Hall–Kier alpha value is -4.07. The molecule has 166 valence electrons. The molecule has 0 radical (unpaired) electrons. The number of nitrogens with one attached hydrogen (secondary N) is 2. The van der Waals surface area contributed by atoms with E-state index in [4.69, 9.17) is 14.2 Å². The van der Waals surface area contributed by atoms with Gasteiger partial charge in [0.25, 0.3) is 0 Å². The fourth-order valence-corrected chi connectivity index (χ4v) is 3.24. The van der Waals surface area contributed by atoms with Crippen molar-refractivity contribution in [1.82, 2.24) is 10.6 Å². The van der Waals surface area contributed by atoms with Crippen LogP contribution in [-0.2, 0) is 14.3 Å². The summed E-state index contributed by atoms with van der Waals surface area (Å²) in [6.07, 6.45) is 2.97. The van der Waals surface area contributed by atoms with Crippen LogP contribution in [0.4, 0.5) is 4.79 Å². The van der Waals surface area contributed by atoms with Crippen LogP contribution < -0.4 is 20.1 Å². The van der Waals surface area contributed by atoms with Crippen molar-refractivity contribution >= 4 is 24.0 Å². The van der Waals surface area contributed by atoms with E-state index in [0.29, 0.717) is 11.3 Å². The van der Waals surface area contributed by atoms with Crippen molar-refractivity contribution in [2.24, 2.45) is 0 Å². The summed E-state index contributed by atoms with van der Waals surface area (Å²) in [5.74, 6) is -0.628. The van der Waals surface area contributed by atoms with Crippen LogP contribution in [0, 0.1) is 0 Å². The maximum absolute atomic E-state index is 12.5. The molecule has 2 N–H and O–H groups in total. The molecular weight excluding hydrogens is 412 g/mol. The summed E-state index contributed by atoms with van der Waals surface area (Å²) >= 11 is 0. The van der Waals surface area contributed by atoms with Crippen molar-refractivity contribution < 1.29 is 28.6 Å². The summed E-state index contributed by atoms with van der Waals surface area (Å²) in [4.78, 5) is 36.7. The molecule has 0 bridgehead atoms. The first-order valence-corrected chi connectivity index (χ1v) is 10.0. The van der Waals surface area contributed by atoms with Crippen LogP contribution in [0.25, 0.3) is 6.08 Å². The molecule has 1 aliphatic rings. The molecular formula is C24H24N2O6. The third-order valence-electron chi connectivity index (χ3n) is 4.71. The molecule has 8 heteroatoms. The van der Waals surface area contributed by atoms with Crippen LogP contribution in [0.2, 0.25) is 0 Å². The van der Waals surface area contributed by atoms with Gasteiger partial charge < -0.3 is 24.8 Å². The minimum atomic E-state index is -0.751. The standard InChI is InChI=1S/C24H24N2O6/c1-4-31-23(28)21-15(2)25-24(29)26-22(21)17-11-12-18(19(14-17)30-3)32-20(27)13-10-16-8-6-5-7-9-16/h5-14,22H,4H2,1-3H3,(H2,25,26,29). The maximum Gasteiger partial charge on any atom is 0.338 e. The van der Waals surface area contributed by atoms with E-state index in [0.717, 1.165) is 5.56 Å². The summed E-state index contributed by atoms with van der Waals surface area (Å²) in [6, 6.07) is 13.0. The Labute approximate surface area is 185 Å². The zero-order valence-electron chi connectivity index (χ0n) is 18.0. The fourth-order valence-electron chi connectivity index (χ4n) is 3.24. The number of carbonyl (C=O) groups excluding carboxylic acids is 3. The quantitative estimate of drug-likeness (QED) is 0.391. The lowest BCUT2D eigenvalue weighted by Gasteiger charge is -2.28.